The molecule has 0 aromatic heterocycles. The molecule has 0 saturated carbocycles. The van der Waals surface area contributed by atoms with Crippen molar-refractivity contribution in [2.75, 3.05) is 0 Å². The highest BCUT2D eigenvalue weighted by atomic mass is 16.5. The second kappa shape index (κ2) is 7.63. The van der Waals surface area contributed by atoms with Gasteiger partial charge in [-0.1, -0.05) is 24.3 Å². The highest BCUT2D eigenvalue weighted by Gasteiger charge is 2.34. The molecule has 1 saturated heterocycles. The Kier molecular flexibility index (Phi) is 5.29. The summed E-state index contributed by atoms with van der Waals surface area (Å²) in [5.41, 5.74) is 6.94. The zero-order valence-electron chi connectivity index (χ0n) is 14.1. The van der Waals surface area contributed by atoms with Crippen LogP contribution in [0.3, 0.4) is 0 Å². The van der Waals surface area contributed by atoms with Crippen LogP contribution in [0.2, 0.25) is 0 Å². The van der Waals surface area contributed by atoms with Gasteiger partial charge < -0.3 is 5.21 Å². The van der Waals surface area contributed by atoms with E-state index in [-0.39, 0.29) is 23.9 Å². The maximum Gasteiger partial charge on any atom is 0.265 e. The van der Waals surface area contributed by atoms with Gasteiger partial charge in [0.1, 0.15) is 0 Å². The summed E-state index contributed by atoms with van der Waals surface area (Å²) in [4.78, 5) is 23.0. The predicted molar refractivity (Wildman–Crippen MR) is 94.5 cm³/mol. The van der Waals surface area contributed by atoms with E-state index in [1.165, 1.54) is 5.06 Å². The van der Waals surface area contributed by atoms with Crippen LogP contribution in [0.25, 0.3) is 0 Å². The van der Waals surface area contributed by atoms with E-state index in [0.29, 0.717) is 11.1 Å². The van der Waals surface area contributed by atoms with E-state index in [0.717, 1.165) is 24.0 Å². The number of carbonyl (C=O) groups excluding carboxylic acids is 2. The number of hydroxylamine groups is 2. The van der Waals surface area contributed by atoms with Crippen LogP contribution in [0.4, 0.5) is 0 Å². The summed E-state index contributed by atoms with van der Waals surface area (Å²) < 4.78 is 0. The molecule has 1 aliphatic rings. The van der Waals surface area contributed by atoms with Gasteiger partial charge in [0.25, 0.3) is 11.8 Å². The number of hydrogen-bond acceptors (Lipinski definition) is 6. The van der Waals surface area contributed by atoms with Crippen molar-refractivity contribution in [1.82, 2.24) is 15.9 Å². The van der Waals surface area contributed by atoms with Gasteiger partial charge in [0.15, 0.2) is 0 Å². The van der Waals surface area contributed by atoms with E-state index >= 15 is 0 Å². The molecule has 8 heteroatoms. The second-order valence-corrected chi connectivity index (χ2v) is 6.18. The molecular weight excluding hydrogens is 334 g/mol. The Balaban J connectivity index is 1.74. The lowest BCUT2D eigenvalue weighted by Gasteiger charge is -2.24. The minimum atomic E-state index is -0.358. The van der Waals surface area contributed by atoms with Crippen LogP contribution in [-0.2, 0) is 0 Å². The fourth-order valence-electron chi connectivity index (χ4n) is 3.32. The summed E-state index contributed by atoms with van der Waals surface area (Å²) in [6, 6.07) is 13.6. The third-order valence-corrected chi connectivity index (χ3v) is 4.73. The Morgan fingerprint density at radius 2 is 1.15 bits per heavy atom. The van der Waals surface area contributed by atoms with E-state index in [2.05, 4.69) is 10.9 Å². The Bertz CT molecular complexity index is 724. The minimum Gasteiger partial charge on any atom is -0.313 e. The molecule has 1 heterocycles. The van der Waals surface area contributed by atoms with Gasteiger partial charge in [-0.25, -0.2) is 11.7 Å². The quantitative estimate of drug-likeness (QED) is 0.317. The molecule has 7 N–H and O–H groups in total. The molecule has 2 atom stereocenters. The number of nitrogens with two attached hydrogens (primary N) is 2. The SMILES string of the molecule is NNC(=O)c1ccc(C2CCC(c3ccc(C(=O)NN)cc3)N2O)cc1. The minimum absolute atomic E-state index is 0.165. The van der Waals surface area contributed by atoms with Crippen LogP contribution in [0.15, 0.2) is 48.5 Å². The van der Waals surface area contributed by atoms with Gasteiger partial charge in [0.05, 0.1) is 12.1 Å². The fraction of sp³-hybridized carbons (Fsp3) is 0.222. The Hall–Kier alpha value is -2.78. The van der Waals surface area contributed by atoms with E-state index in [4.69, 9.17) is 11.7 Å². The van der Waals surface area contributed by atoms with Crippen molar-refractivity contribution in [3.63, 3.8) is 0 Å². The molecule has 0 bridgehead atoms. The molecule has 2 amide bonds. The maximum absolute atomic E-state index is 11.5. The standard InChI is InChI=1S/C18H21N5O3/c19-21-17(24)13-5-1-11(2-6-13)15-9-10-16(23(15)26)12-3-7-14(8-4-12)18(25)22-20/h1-8,15-16,26H,9-10,19-20H2,(H,21,24)(H,22,25). The largest absolute Gasteiger partial charge is 0.313 e. The molecule has 3 rings (SSSR count). The third-order valence-electron chi connectivity index (χ3n) is 4.73. The van der Waals surface area contributed by atoms with Crippen molar-refractivity contribution in [2.24, 2.45) is 11.7 Å². The van der Waals surface area contributed by atoms with E-state index in [9.17, 15) is 14.8 Å². The molecule has 2 aromatic rings. The number of rotatable bonds is 4. The molecular formula is C18H21N5O3. The second-order valence-electron chi connectivity index (χ2n) is 6.18. The lowest BCUT2D eigenvalue weighted by atomic mass is 10.0. The summed E-state index contributed by atoms with van der Waals surface area (Å²) in [7, 11) is 0. The van der Waals surface area contributed by atoms with Crippen LogP contribution in [0.5, 0.6) is 0 Å². The molecule has 136 valence electrons. The summed E-state index contributed by atoms with van der Waals surface area (Å²) in [6.45, 7) is 0. The van der Waals surface area contributed by atoms with Gasteiger partial charge in [0, 0.05) is 11.1 Å². The molecule has 2 aromatic carbocycles. The first-order valence-corrected chi connectivity index (χ1v) is 8.24. The van der Waals surface area contributed by atoms with Gasteiger partial charge in [-0.05, 0) is 48.2 Å². The molecule has 1 fully saturated rings. The van der Waals surface area contributed by atoms with E-state index < -0.39 is 0 Å². The molecule has 8 nitrogen and oxygen atoms in total. The number of hydrogen-bond donors (Lipinski definition) is 5. The number of benzene rings is 2. The first kappa shape index (κ1) is 18.0. The maximum atomic E-state index is 11.5. The normalized spacial score (nSPS) is 20.0. The van der Waals surface area contributed by atoms with Crippen LogP contribution < -0.4 is 22.5 Å². The zero-order chi connectivity index (χ0) is 18.7. The van der Waals surface area contributed by atoms with Crippen molar-refractivity contribution < 1.29 is 14.8 Å². The molecule has 2 unspecified atom stereocenters. The Morgan fingerprint density at radius 1 is 0.808 bits per heavy atom. The highest BCUT2D eigenvalue weighted by Crippen LogP contribution is 2.42. The average Bonchev–Trinajstić information content (AvgIpc) is 3.08. The topological polar surface area (TPSA) is 134 Å². The van der Waals surface area contributed by atoms with Crippen molar-refractivity contribution in [2.45, 2.75) is 24.9 Å². The van der Waals surface area contributed by atoms with Crippen LogP contribution in [-0.4, -0.2) is 22.1 Å². The summed E-state index contributed by atoms with van der Waals surface area (Å²) in [6.07, 6.45) is 1.54. The molecule has 26 heavy (non-hydrogen) atoms. The fourth-order valence-corrected chi connectivity index (χ4v) is 3.32. The van der Waals surface area contributed by atoms with Crippen LogP contribution in [0, 0.1) is 0 Å². The summed E-state index contributed by atoms with van der Waals surface area (Å²) >= 11 is 0. The molecule has 0 spiro atoms. The number of hydrazine groups is 2. The van der Waals surface area contributed by atoms with Gasteiger partial charge in [-0.15, -0.1) is 0 Å². The molecule has 0 aliphatic carbocycles. The van der Waals surface area contributed by atoms with Gasteiger partial charge in [-0.3, -0.25) is 20.4 Å². The molecule has 0 radical (unpaired) electrons. The Labute approximate surface area is 150 Å². The number of nitrogens with one attached hydrogen (secondary N) is 2. The zero-order valence-corrected chi connectivity index (χ0v) is 14.1. The highest BCUT2D eigenvalue weighted by molar-refractivity contribution is 5.94. The first-order valence-electron chi connectivity index (χ1n) is 8.24. The monoisotopic (exact) mass is 355 g/mol. The lowest BCUT2D eigenvalue weighted by molar-refractivity contribution is -0.137. The number of nitrogens with zero attached hydrogens (tertiary/aromatic N) is 1. The van der Waals surface area contributed by atoms with Crippen molar-refractivity contribution in [3.05, 3.63) is 70.8 Å². The van der Waals surface area contributed by atoms with Gasteiger partial charge in [0.2, 0.25) is 0 Å². The third kappa shape index (κ3) is 3.44. The number of amides is 2. The smallest absolute Gasteiger partial charge is 0.265 e. The van der Waals surface area contributed by atoms with Crippen LogP contribution >= 0.6 is 0 Å². The van der Waals surface area contributed by atoms with Crippen LogP contribution in [0.1, 0.15) is 56.8 Å². The first-order chi connectivity index (χ1) is 12.5. The average molecular weight is 355 g/mol. The van der Waals surface area contributed by atoms with Crippen molar-refractivity contribution in [1.29, 1.82) is 0 Å². The van der Waals surface area contributed by atoms with Crippen molar-refractivity contribution in [3.8, 4) is 0 Å². The van der Waals surface area contributed by atoms with Crippen molar-refractivity contribution >= 4 is 11.8 Å². The number of nitrogen functional groups attached to an aromatic ring is 2. The van der Waals surface area contributed by atoms with E-state index in [1.807, 2.05) is 24.3 Å². The lowest BCUT2D eigenvalue weighted by Crippen LogP contribution is -2.30. The van der Waals surface area contributed by atoms with Gasteiger partial charge >= 0.3 is 0 Å². The summed E-state index contributed by atoms with van der Waals surface area (Å²) in [5.74, 6) is 9.54. The molecule has 1 aliphatic heterocycles. The predicted octanol–water partition coefficient (Wildman–Crippen LogP) is 1.16. The number of carbonyl (C=O) groups is 2. The summed E-state index contributed by atoms with van der Waals surface area (Å²) in [5, 5.41) is 12.0. The van der Waals surface area contributed by atoms with Gasteiger partial charge in [-0.2, -0.15) is 5.06 Å². The van der Waals surface area contributed by atoms with E-state index in [1.54, 1.807) is 24.3 Å². The Morgan fingerprint density at radius 3 is 1.46 bits per heavy atom.